The highest BCUT2D eigenvalue weighted by molar-refractivity contribution is 9.10. The molecule has 0 spiro atoms. The Labute approximate surface area is 156 Å². The molecule has 0 unspecified atom stereocenters. The first kappa shape index (κ1) is 17.9. The molecule has 0 aliphatic carbocycles. The molecule has 0 atom stereocenters. The summed E-state index contributed by atoms with van der Waals surface area (Å²) in [4.78, 5) is 0. The van der Waals surface area contributed by atoms with Gasteiger partial charge in [-0.15, -0.1) is 0 Å². The van der Waals surface area contributed by atoms with E-state index < -0.39 is 0 Å². The molecular formula is C18H23BrN4O2. The zero-order valence-electron chi connectivity index (χ0n) is 14.8. The molecule has 0 bridgehead atoms. The first-order valence-electron chi connectivity index (χ1n) is 8.31. The third-order valence-corrected chi connectivity index (χ3v) is 5.42. The van der Waals surface area contributed by atoms with E-state index in [4.69, 9.17) is 9.47 Å². The van der Waals surface area contributed by atoms with Crippen LogP contribution in [0.25, 0.3) is 0 Å². The van der Waals surface area contributed by atoms with Gasteiger partial charge in [0.05, 0.1) is 62.0 Å². The van der Waals surface area contributed by atoms with Crippen LogP contribution in [0.4, 0.5) is 0 Å². The van der Waals surface area contributed by atoms with E-state index in [1.54, 1.807) is 7.11 Å². The Hall–Kier alpha value is -1.86. The minimum absolute atomic E-state index is 0.653. The quantitative estimate of drug-likeness (QED) is 0.716. The van der Waals surface area contributed by atoms with Gasteiger partial charge in [0.1, 0.15) is 5.75 Å². The molecule has 0 N–H and O–H groups in total. The van der Waals surface area contributed by atoms with Crippen LogP contribution in [-0.2, 0) is 11.3 Å². The maximum atomic E-state index is 5.52. The van der Waals surface area contributed by atoms with Crippen LogP contribution in [0.15, 0.2) is 27.8 Å². The van der Waals surface area contributed by atoms with Gasteiger partial charge < -0.3 is 9.47 Å². The Morgan fingerprint density at radius 2 is 2.08 bits per heavy atom. The van der Waals surface area contributed by atoms with Gasteiger partial charge >= 0.3 is 0 Å². The van der Waals surface area contributed by atoms with Crippen molar-refractivity contribution in [1.82, 2.24) is 14.8 Å². The van der Waals surface area contributed by atoms with Crippen molar-refractivity contribution >= 4 is 22.1 Å². The number of rotatable bonds is 5. The molecule has 134 valence electrons. The second kappa shape index (κ2) is 8.01. The van der Waals surface area contributed by atoms with Crippen LogP contribution >= 0.6 is 15.9 Å². The van der Waals surface area contributed by atoms with E-state index in [0.717, 1.165) is 59.0 Å². The monoisotopic (exact) mass is 406 g/mol. The molecule has 1 fully saturated rings. The van der Waals surface area contributed by atoms with Gasteiger partial charge in [-0.25, -0.2) is 0 Å². The molecule has 25 heavy (non-hydrogen) atoms. The molecule has 1 aromatic heterocycles. The summed E-state index contributed by atoms with van der Waals surface area (Å²) in [5, 5.41) is 11.2. The zero-order chi connectivity index (χ0) is 17.8. The van der Waals surface area contributed by atoms with Crippen molar-refractivity contribution < 1.29 is 9.47 Å². The number of hydrazone groups is 1. The molecular weight excluding hydrogens is 384 g/mol. The lowest BCUT2D eigenvalue weighted by atomic mass is 10.1. The van der Waals surface area contributed by atoms with Crippen molar-refractivity contribution in [2.24, 2.45) is 5.10 Å². The second-order valence-corrected chi connectivity index (χ2v) is 6.82. The smallest absolute Gasteiger partial charge is 0.123 e. The first-order chi connectivity index (χ1) is 12.1. The number of ether oxygens (including phenoxy) is 2. The van der Waals surface area contributed by atoms with E-state index in [2.05, 4.69) is 39.1 Å². The van der Waals surface area contributed by atoms with Crippen molar-refractivity contribution in [3.05, 3.63) is 45.2 Å². The molecule has 6 nitrogen and oxygen atoms in total. The molecule has 2 heterocycles. The standard InChI is InChI=1S/C18H23BrN4O2/c1-13-18(19)14(2)23(21-13)12-16-10-15(4-5-17(16)24-3)11-20-22-6-8-25-9-7-22/h4-5,10-11H,6-9,12H2,1-3H3/b20-11-. The predicted octanol–water partition coefficient (Wildman–Crippen LogP) is 2.99. The fourth-order valence-corrected chi connectivity index (χ4v) is 3.09. The van der Waals surface area contributed by atoms with Crippen molar-refractivity contribution in [3.8, 4) is 5.75 Å². The van der Waals surface area contributed by atoms with E-state index in [9.17, 15) is 0 Å². The summed E-state index contributed by atoms with van der Waals surface area (Å²) in [7, 11) is 1.69. The van der Waals surface area contributed by atoms with Crippen LogP contribution < -0.4 is 4.74 Å². The normalized spacial score (nSPS) is 15.1. The number of nitrogens with zero attached hydrogens (tertiary/aromatic N) is 4. The molecule has 0 radical (unpaired) electrons. The topological polar surface area (TPSA) is 51.9 Å². The number of benzene rings is 1. The Morgan fingerprint density at radius 1 is 1.32 bits per heavy atom. The van der Waals surface area contributed by atoms with Gasteiger partial charge in [-0.3, -0.25) is 9.69 Å². The molecule has 1 aliphatic rings. The average Bonchev–Trinajstić information content (AvgIpc) is 2.88. The lowest BCUT2D eigenvalue weighted by molar-refractivity contribution is 0.0397. The predicted molar refractivity (Wildman–Crippen MR) is 101 cm³/mol. The summed E-state index contributed by atoms with van der Waals surface area (Å²) in [5.41, 5.74) is 4.21. The molecule has 1 aliphatic heterocycles. The van der Waals surface area contributed by atoms with E-state index in [0.29, 0.717) is 6.54 Å². The van der Waals surface area contributed by atoms with E-state index >= 15 is 0 Å². The molecule has 1 saturated heterocycles. The third-order valence-electron chi connectivity index (χ3n) is 4.28. The van der Waals surface area contributed by atoms with Gasteiger partial charge in [-0.05, 0) is 53.5 Å². The number of aryl methyl sites for hydroxylation is 1. The highest BCUT2D eigenvalue weighted by Gasteiger charge is 2.12. The maximum absolute atomic E-state index is 5.52. The summed E-state index contributed by atoms with van der Waals surface area (Å²) in [6.07, 6.45) is 1.89. The molecule has 0 amide bonds. The van der Waals surface area contributed by atoms with Crippen LogP contribution in [0.3, 0.4) is 0 Å². The molecule has 0 saturated carbocycles. The fourth-order valence-electron chi connectivity index (χ4n) is 2.81. The Morgan fingerprint density at radius 3 is 2.72 bits per heavy atom. The molecule has 1 aromatic carbocycles. The summed E-state index contributed by atoms with van der Waals surface area (Å²) in [6.45, 7) is 7.84. The van der Waals surface area contributed by atoms with Crippen LogP contribution in [-0.4, -0.2) is 54.4 Å². The van der Waals surface area contributed by atoms with Gasteiger partial charge in [0, 0.05) is 5.56 Å². The van der Waals surface area contributed by atoms with Crippen molar-refractivity contribution in [3.63, 3.8) is 0 Å². The third kappa shape index (κ3) is 4.22. The number of aromatic nitrogens is 2. The number of methoxy groups -OCH3 is 1. The lowest BCUT2D eigenvalue weighted by Crippen LogP contribution is -2.32. The van der Waals surface area contributed by atoms with Crippen molar-refractivity contribution in [1.29, 1.82) is 0 Å². The van der Waals surface area contributed by atoms with E-state index in [1.165, 1.54) is 0 Å². The Bertz CT molecular complexity index is 767. The second-order valence-electron chi connectivity index (χ2n) is 6.02. The molecule has 2 aromatic rings. The molecule has 3 rings (SSSR count). The number of morpholine rings is 1. The molecule has 7 heteroatoms. The Kier molecular flexibility index (Phi) is 5.75. The fraction of sp³-hybridized carbons (Fsp3) is 0.444. The first-order valence-corrected chi connectivity index (χ1v) is 9.11. The van der Waals surface area contributed by atoms with Crippen molar-refractivity contribution in [2.45, 2.75) is 20.4 Å². The average molecular weight is 407 g/mol. The minimum Gasteiger partial charge on any atom is -0.496 e. The lowest BCUT2D eigenvalue weighted by Gasteiger charge is -2.23. The van der Waals surface area contributed by atoms with Gasteiger partial charge in [0.25, 0.3) is 0 Å². The van der Waals surface area contributed by atoms with Gasteiger partial charge in [-0.1, -0.05) is 0 Å². The van der Waals surface area contributed by atoms with Gasteiger partial charge in [0.2, 0.25) is 0 Å². The van der Waals surface area contributed by atoms with E-state index in [-0.39, 0.29) is 0 Å². The van der Waals surface area contributed by atoms with Gasteiger partial charge in [0.15, 0.2) is 0 Å². The van der Waals surface area contributed by atoms with Gasteiger partial charge in [-0.2, -0.15) is 10.2 Å². The summed E-state index contributed by atoms with van der Waals surface area (Å²) >= 11 is 3.58. The number of halogens is 1. The van der Waals surface area contributed by atoms with Crippen LogP contribution in [0.1, 0.15) is 22.5 Å². The number of hydrogen-bond acceptors (Lipinski definition) is 5. The maximum Gasteiger partial charge on any atom is 0.123 e. The van der Waals surface area contributed by atoms with Crippen LogP contribution in [0.2, 0.25) is 0 Å². The largest absolute Gasteiger partial charge is 0.496 e. The highest BCUT2D eigenvalue weighted by atomic mass is 79.9. The number of hydrogen-bond donors (Lipinski definition) is 0. The van der Waals surface area contributed by atoms with E-state index in [1.807, 2.05) is 35.0 Å². The minimum atomic E-state index is 0.653. The van der Waals surface area contributed by atoms with Crippen LogP contribution in [0.5, 0.6) is 5.75 Å². The summed E-state index contributed by atoms with van der Waals surface area (Å²) in [6, 6.07) is 6.10. The highest BCUT2D eigenvalue weighted by Crippen LogP contribution is 2.24. The SMILES string of the molecule is COc1ccc(/C=N\N2CCOCC2)cc1Cn1nc(C)c(Br)c1C. The van der Waals surface area contributed by atoms with Crippen LogP contribution in [0, 0.1) is 13.8 Å². The zero-order valence-corrected chi connectivity index (χ0v) is 16.4. The summed E-state index contributed by atoms with van der Waals surface area (Å²) in [5.74, 6) is 0.854. The Balaban J connectivity index is 1.82. The van der Waals surface area contributed by atoms with Crippen molar-refractivity contribution in [2.75, 3.05) is 33.4 Å². The summed E-state index contributed by atoms with van der Waals surface area (Å²) < 4.78 is 13.9.